The number of halogens is 2. The van der Waals surface area contributed by atoms with Gasteiger partial charge in [0.2, 0.25) is 5.95 Å². The second-order valence-electron chi connectivity index (χ2n) is 5.92. The molecular formula is C18H16ClFN4O. The number of nitrogens with zero attached hydrogens (tertiary/aromatic N) is 4. The van der Waals surface area contributed by atoms with Gasteiger partial charge < -0.3 is 9.64 Å². The van der Waals surface area contributed by atoms with Crippen LogP contribution in [0.5, 0.6) is 0 Å². The highest BCUT2D eigenvalue weighted by Gasteiger charge is 2.19. The fraction of sp³-hybridized carbons (Fsp3) is 0.278. The van der Waals surface area contributed by atoms with Crippen molar-refractivity contribution >= 4 is 28.6 Å². The van der Waals surface area contributed by atoms with Gasteiger partial charge in [-0.3, -0.25) is 0 Å². The van der Waals surface area contributed by atoms with Crippen molar-refractivity contribution in [2.45, 2.75) is 6.92 Å². The highest BCUT2D eigenvalue weighted by atomic mass is 35.5. The second-order valence-corrected chi connectivity index (χ2v) is 6.36. The average Bonchev–Trinajstić information content (AvgIpc) is 2.61. The molecule has 3 aromatic rings. The minimum Gasteiger partial charge on any atom is -0.378 e. The van der Waals surface area contributed by atoms with Crippen molar-refractivity contribution in [2.75, 3.05) is 31.2 Å². The number of aryl methyl sites for hydroxylation is 1. The van der Waals surface area contributed by atoms with Gasteiger partial charge in [-0.05, 0) is 37.3 Å². The lowest BCUT2D eigenvalue weighted by molar-refractivity contribution is 0.122. The third-order valence-corrected chi connectivity index (χ3v) is 4.40. The van der Waals surface area contributed by atoms with Crippen molar-refractivity contribution in [3.8, 4) is 11.3 Å². The fourth-order valence-electron chi connectivity index (χ4n) is 2.88. The van der Waals surface area contributed by atoms with Crippen molar-refractivity contribution in [3.63, 3.8) is 0 Å². The van der Waals surface area contributed by atoms with Crippen LogP contribution < -0.4 is 4.90 Å². The molecule has 0 bridgehead atoms. The molecule has 0 spiro atoms. The first-order chi connectivity index (χ1) is 12.1. The second kappa shape index (κ2) is 6.54. The number of rotatable bonds is 2. The fourth-order valence-corrected chi connectivity index (χ4v) is 3.04. The van der Waals surface area contributed by atoms with E-state index in [9.17, 15) is 4.39 Å². The molecule has 1 saturated heterocycles. The normalized spacial score (nSPS) is 14.9. The van der Waals surface area contributed by atoms with E-state index in [1.54, 1.807) is 12.1 Å². The Balaban J connectivity index is 1.94. The van der Waals surface area contributed by atoms with Crippen LogP contribution in [0.1, 0.15) is 5.69 Å². The van der Waals surface area contributed by atoms with Crippen LogP contribution >= 0.6 is 11.6 Å². The lowest BCUT2D eigenvalue weighted by atomic mass is 10.1. The van der Waals surface area contributed by atoms with E-state index in [0.717, 1.165) is 5.69 Å². The van der Waals surface area contributed by atoms with Gasteiger partial charge in [-0.25, -0.2) is 14.4 Å². The van der Waals surface area contributed by atoms with Gasteiger partial charge in [-0.2, -0.15) is 4.98 Å². The summed E-state index contributed by atoms with van der Waals surface area (Å²) >= 11 is 5.89. The van der Waals surface area contributed by atoms with Crippen LogP contribution in [0.4, 0.5) is 10.3 Å². The van der Waals surface area contributed by atoms with Gasteiger partial charge in [-0.1, -0.05) is 11.6 Å². The summed E-state index contributed by atoms with van der Waals surface area (Å²) in [7, 11) is 0. The van der Waals surface area contributed by atoms with Gasteiger partial charge in [0.25, 0.3) is 0 Å². The van der Waals surface area contributed by atoms with Crippen LogP contribution in [0.2, 0.25) is 5.02 Å². The van der Waals surface area contributed by atoms with E-state index < -0.39 is 5.82 Å². The molecule has 1 aromatic carbocycles. The highest BCUT2D eigenvalue weighted by molar-refractivity contribution is 6.30. The highest BCUT2D eigenvalue weighted by Crippen LogP contribution is 2.31. The quantitative estimate of drug-likeness (QED) is 0.700. The molecule has 0 N–H and O–H groups in total. The molecule has 0 aliphatic carbocycles. The van der Waals surface area contributed by atoms with Crippen molar-refractivity contribution < 1.29 is 9.13 Å². The molecule has 25 heavy (non-hydrogen) atoms. The van der Waals surface area contributed by atoms with E-state index in [1.165, 1.54) is 6.07 Å². The van der Waals surface area contributed by atoms with E-state index in [-0.39, 0.29) is 0 Å². The molecule has 1 aliphatic rings. The molecule has 5 nitrogen and oxygen atoms in total. The Kier molecular flexibility index (Phi) is 4.23. The van der Waals surface area contributed by atoms with Gasteiger partial charge in [0, 0.05) is 34.8 Å². The number of ether oxygens (including phenoxy) is 1. The molecule has 0 radical (unpaired) electrons. The van der Waals surface area contributed by atoms with E-state index in [1.807, 2.05) is 24.0 Å². The Morgan fingerprint density at radius 2 is 1.88 bits per heavy atom. The maximum atomic E-state index is 14.5. The van der Waals surface area contributed by atoms with Gasteiger partial charge in [0.1, 0.15) is 5.82 Å². The molecule has 0 amide bonds. The van der Waals surface area contributed by atoms with Gasteiger partial charge in [0.05, 0.1) is 18.9 Å². The number of aromatic nitrogens is 3. The molecule has 4 rings (SSSR count). The summed E-state index contributed by atoms with van der Waals surface area (Å²) in [5, 5.41) is 1.06. The summed E-state index contributed by atoms with van der Waals surface area (Å²) in [6, 6.07) is 8.34. The lowest BCUT2D eigenvalue weighted by Crippen LogP contribution is -2.37. The number of morpholine rings is 1. The van der Waals surface area contributed by atoms with Crippen LogP contribution in [0.25, 0.3) is 22.3 Å². The Morgan fingerprint density at radius 1 is 1.08 bits per heavy atom. The van der Waals surface area contributed by atoms with Crippen molar-refractivity contribution in [1.29, 1.82) is 0 Å². The standard InChI is InChI=1S/C18H16ClFN4O/c1-11-2-4-14-16(13-5-3-12(19)10-15(13)20)22-18(23-17(14)21-11)24-6-8-25-9-7-24/h2-5,10H,6-9H2,1H3. The topological polar surface area (TPSA) is 51.1 Å². The predicted octanol–water partition coefficient (Wildman–Crippen LogP) is 3.63. The predicted molar refractivity (Wildman–Crippen MR) is 95.5 cm³/mol. The first kappa shape index (κ1) is 16.2. The summed E-state index contributed by atoms with van der Waals surface area (Å²) in [5.41, 5.74) is 2.31. The number of benzene rings is 1. The SMILES string of the molecule is Cc1ccc2c(-c3ccc(Cl)cc3F)nc(N3CCOCC3)nc2n1. The minimum absolute atomic E-state index is 0.349. The average molecular weight is 359 g/mol. The third kappa shape index (κ3) is 3.15. The summed E-state index contributed by atoms with van der Waals surface area (Å²) in [6.07, 6.45) is 0. The summed E-state index contributed by atoms with van der Waals surface area (Å²) < 4.78 is 19.9. The molecule has 7 heteroatoms. The smallest absolute Gasteiger partial charge is 0.228 e. The largest absolute Gasteiger partial charge is 0.378 e. The molecular weight excluding hydrogens is 343 g/mol. The summed E-state index contributed by atoms with van der Waals surface area (Å²) in [6.45, 7) is 4.53. The number of anilines is 1. The zero-order valence-corrected chi connectivity index (χ0v) is 14.4. The summed E-state index contributed by atoms with van der Waals surface area (Å²) in [4.78, 5) is 15.8. The van der Waals surface area contributed by atoms with E-state index in [4.69, 9.17) is 16.3 Å². The zero-order chi connectivity index (χ0) is 17.4. The first-order valence-electron chi connectivity index (χ1n) is 8.05. The van der Waals surface area contributed by atoms with Crippen molar-refractivity contribution in [2.24, 2.45) is 0 Å². The van der Waals surface area contributed by atoms with Gasteiger partial charge in [0.15, 0.2) is 5.65 Å². The Hall–Kier alpha value is -2.31. The summed E-state index contributed by atoms with van der Waals surface area (Å²) in [5.74, 6) is 0.124. The maximum Gasteiger partial charge on any atom is 0.228 e. The van der Waals surface area contributed by atoms with E-state index >= 15 is 0 Å². The zero-order valence-electron chi connectivity index (χ0n) is 13.7. The molecule has 3 heterocycles. The Bertz CT molecular complexity index is 944. The minimum atomic E-state index is -0.416. The molecule has 0 atom stereocenters. The van der Waals surface area contributed by atoms with Gasteiger partial charge >= 0.3 is 0 Å². The molecule has 128 valence electrons. The maximum absolute atomic E-state index is 14.5. The van der Waals surface area contributed by atoms with E-state index in [0.29, 0.717) is 59.6 Å². The number of fused-ring (bicyclic) bond motifs is 1. The molecule has 1 aliphatic heterocycles. The molecule has 1 fully saturated rings. The van der Waals surface area contributed by atoms with E-state index in [2.05, 4.69) is 15.0 Å². The Morgan fingerprint density at radius 3 is 2.64 bits per heavy atom. The third-order valence-electron chi connectivity index (χ3n) is 4.17. The van der Waals surface area contributed by atoms with Crippen LogP contribution in [0.15, 0.2) is 30.3 Å². The van der Waals surface area contributed by atoms with Crippen LogP contribution in [0, 0.1) is 12.7 Å². The first-order valence-corrected chi connectivity index (χ1v) is 8.43. The Labute approximate surface area is 149 Å². The van der Waals surface area contributed by atoms with Gasteiger partial charge in [-0.15, -0.1) is 0 Å². The monoisotopic (exact) mass is 358 g/mol. The lowest BCUT2D eigenvalue weighted by Gasteiger charge is -2.27. The van der Waals surface area contributed by atoms with Crippen molar-refractivity contribution in [1.82, 2.24) is 15.0 Å². The number of hydrogen-bond donors (Lipinski definition) is 0. The number of hydrogen-bond acceptors (Lipinski definition) is 5. The number of pyridine rings is 1. The van der Waals surface area contributed by atoms with Crippen LogP contribution in [0.3, 0.4) is 0 Å². The van der Waals surface area contributed by atoms with Crippen LogP contribution in [-0.4, -0.2) is 41.3 Å². The molecule has 0 saturated carbocycles. The van der Waals surface area contributed by atoms with Crippen molar-refractivity contribution in [3.05, 3.63) is 46.9 Å². The van der Waals surface area contributed by atoms with Crippen LogP contribution in [-0.2, 0) is 4.74 Å². The molecule has 2 aromatic heterocycles. The molecule has 0 unspecified atom stereocenters.